The van der Waals surface area contributed by atoms with Crippen LogP contribution in [0.5, 0.6) is 5.75 Å². The smallest absolute Gasteiger partial charge is 0.214 e. The molecule has 6 nitrogen and oxygen atoms in total. The molecule has 7 heteroatoms. The number of halogens is 1. The van der Waals surface area contributed by atoms with Crippen LogP contribution in [0.1, 0.15) is 10.4 Å². The van der Waals surface area contributed by atoms with E-state index in [4.69, 9.17) is 9.94 Å². The quantitative estimate of drug-likeness (QED) is 0.371. The third kappa shape index (κ3) is 4.37. The molecule has 0 atom stereocenters. The number of nitrogens with one attached hydrogen (secondary N) is 1. The Labute approximate surface area is 131 Å². The van der Waals surface area contributed by atoms with Crippen molar-refractivity contribution in [3.63, 3.8) is 0 Å². The highest BCUT2D eigenvalue weighted by Gasteiger charge is 2.13. The minimum Gasteiger partial charge on any atom is -0.497 e. The van der Waals surface area contributed by atoms with Crippen molar-refractivity contribution in [2.24, 2.45) is 10.3 Å². The summed E-state index contributed by atoms with van der Waals surface area (Å²) in [5, 5.41) is 15.4. The Hall–Kier alpha value is -3.22. The Morgan fingerprint density at radius 3 is 2.39 bits per heavy atom. The summed E-state index contributed by atoms with van der Waals surface area (Å²) < 4.78 is 17.9. The molecular weight excluding hydrogens is 301 g/mol. The zero-order valence-electron chi connectivity index (χ0n) is 12.2. The van der Waals surface area contributed by atoms with E-state index in [0.717, 1.165) is 6.21 Å². The van der Waals surface area contributed by atoms with E-state index in [1.807, 2.05) is 0 Å². The van der Waals surface area contributed by atoms with Crippen LogP contribution < -0.4 is 10.2 Å². The van der Waals surface area contributed by atoms with Gasteiger partial charge in [-0.1, -0.05) is 5.16 Å². The molecule has 0 aliphatic carbocycles. The molecule has 2 aromatic carbocycles. The van der Waals surface area contributed by atoms with Crippen LogP contribution in [0, 0.1) is 5.82 Å². The van der Waals surface area contributed by atoms with Gasteiger partial charge >= 0.3 is 0 Å². The van der Waals surface area contributed by atoms with Crippen molar-refractivity contribution in [1.82, 2.24) is 0 Å². The predicted octanol–water partition coefficient (Wildman–Crippen LogP) is 2.95. The molecule has 0 aliphatic rings. The van der Waals surface area contributed by atoms with Crippen molar-refractivity contribution >= 4 is 23.4 Å². The Kier molecular flexibility index (Phi) is 5.40. The number of hydrazone groups is 1. The summed E-state index contributed by atoms with van der Waals surface area (Å²) in [7, 11) is 1.52. The molecule has 2 rings (SSSR count). The van der Waals surface area contributed by atoms with Gasteiger partial charge < -0.3 is 9.94 Å². The SMILES string of the molecule is COc1ccc(C(=O)C(/C=N/O)=N\Nc2ccc(F)cc2)cc1. The van der Waals surface area contributed by atoms with Gasteiger partial charge in [0.1, 0.15) is 11.6 Å². The van der Waals surface area contributed by atoms with Crippen molar-refractivity contribution in [2.75, 3.05) is 12.5 Å². The normalized spacial score (nSPS) is 11.5. The Balaban J connectivity index is 2.20. The zero-order chi connectivity index (χ0) is 16.7. The summed E-state index contributed by atoms with van der Waals surface area (Å²) in [6.07, 6.45) is 0.920. The molecule has 23 heavy (non-hydrogen) atoms. The Bertz CT molecular complexity index is 725. The second-order valence-electron chi connectivity index (χ2n) is 4.42. The van der Waals surface area contributed by atoms with Gasteiger partial charge in [0, 0.05) is 5.56 Å². The minimum absolute atomic E-state index is 0.109. The fraction of sp³-hybridized carbons (Fsp3) is 0.0625. The first-order chi connectivity index (χ1) is 11.1. The maximum absolute atomic E-state index is 12.8. The first-order valence-electron chi connectivity index (χ1n) is 6.59. The third-order valence-electron chi connectivity index (χ3n) is 2.91. The summed E-state index contributed by atoms with van der Waals surface area (Å²) in [5.74, 6) is -0.216. The molecule has 118 valence electrons. The van der Waals surface area contributed by atoms with Crippen molar-refractivity contribution in [1.29, 1.82) is 0 Å². The lowest BCUT2D eigenvalue weighted by atomic mass is 10.1. The van der Waals surface area contributed by atoms with Gasteiger partial charge in [-0.2, -0.15) is 5.10 Å². The van der Waals surface area contributed by atoms with E-state index in [-0.39, 0.29) is 11.5 Å². The highest BCUT2D eigenvalue weighted by atomic mass is 19.1. The molecule has 2 aromatic rings. The van der Waals surface area contributed by atoms with Crippen molar-refractivity contribution in [3.05, 3.63) is 59.9 Å². The summed E-state index contributed by atoms with van der Waals surface area (Å²) in [5.41, 5.74) is 3.33. The van der Waals surface area contributed by atoms with Crippen LogP contribution in [-0.2, 0) is 0 Å². The van der Waals surface area contributed by atoms with Crippen LogP contribution in [0.25, 0.3) is 0 Å². The number of carbonyl (C=O) groups is 1. The predicted molar refractivity (Wildman–Crippen MR) is 85.1 cm³/mol. The number of rotatable bonds is 6. The molecule has 0 aromatic heterocycles. The number of nitrogens with zero attached hydrogens (tertiary/aromatic N) is 2. The molecule has 0 saturated heterocycles. The number of hydrogen-bond donors (Lipinski definition) is 2. The maximum Gasteiger partial charge on any atom is 0.214 e. The van der Waals surface area contributed by atoms with Crippen LogP contribution in [0.2, 0.25) is 0 Å². The highest BCUT2D eigenvalue weighted by molar-refractivity contribution is 6.64. The third-order valence-corrected chi connectivity index (χ3v) is 2.91. The molecule has 0 spiro atoms. The zero-order valence-corrected chi connectivity index (χ0v) is 12.2. The van der Waals surface area contributed by atoms with Crippen LogP contribution in [0.4, 0.5) is 10.1 Å². The van der Waals surface area contributed by atoms with Crippen LogP contribution in [0.15, 0.2) is 58.8 Å². The summed E-state index contributed by atoms with van der Waals surface area (Å²) >= 11 is 0. The van der Waals surface area contributed by atoms with Gasteiger partial charge in [0.15, 0.2) is 5.71 Å². The van der Waals surface area contributed by atoms with Gasteiger partial charge in [-0.15, -0.1) is 0 Å². The van der Waals surface area contributed by atoms with Gasteiger partial charge in [-0.3, -0.25) is 10.2 Å². The number of hydrogen-bond acceptors (Lipinski definition) is 6. The average molecular weight is 315 g/mol. The summed E-state index contributed by atoms with van der Waals surface area (Å²) in [6.45, 7) is 0. The number of carbonyl (C=O) groups excluding carboxylic acids is 1. The average Bonchev–Trinajstić information content (AvgIpc) is 2.59. The molecule has 0 aliphatic heterocycles. The second-order valence-corrected chi connectivity index (χ2v) is 4.42. The van der Waals surface area contributed by atoms with Crippen LogP contribution >= 0.6 is 0 Å². The summed E-state index contributed by atoms with van der Waals surface area (Å²) in [4.78, 5) is 12.3. The molecule has 0 saturated carbocycles. The number of ether oxygens (including phenoxy) is 1. The van der Waals surface area contributed by atoms with E-state index < -0.39 is 5.78 Å². The van der Waals surface area contributed by atoms with Crippen molar-refractivity contribution < 1.29 is 19.1 Å². The number of ketones is 1. The van der Waals surface area contributed by atoms with E-state index in [2.05, 4.69) is 15.7 Å². The molecule has 0 heterocycles. The minimum atomic E-state index is -0.444. The highest BCUT2D eigenvalue weighted by Crippen LogP contribution is 2.13. The maximum atomic E-state index is 12.8. The molecule has 0 unspecified atom stereocenters. The van der Waals surface area contributed by atoms with Gasteiger partial charge in [-0.25, -0.2) is 4.39 Å². The molecule has 2 N–H and O–H groups in total. The van der Waals surface area contributed by atoms with Crippen molar-refractivity contribution in [2.45, 2.75) is 0 Å². The number of methoxy groups -OCH3 is 1. The van der Waals surface area contributed by atoms with E-state index in [9.17, 15) is 9.18 Å². The molecule has 0 bridgehead atoms. The summed E-state index contributed by atoms with van der Waals surface area (Å²) in [6, 6.07) is 11.8. The van der Waals surface area contributed by atoms with E-state index >= 15 is 0 Å². The van der Waals surface area contributed by atoms with E-state index in [1.165, 1.54) is 31.4 Å². The van der Waals surface area contributed by atoms with Gasteiger partial charge in [0.25, 0.3) is 0 Å². The van der Waals surface area contributed by atoms with E-state index in [0.29, 0.717) is 17.0 Å². The first-order valence-corrected chi connectivity index (χ1v) is 6.59. The fourth-order valence-corrected chi connectivity index (χ4v) is 1.73. The Morgan fingerprint density at radius 1 is 1.17 bits per heavy atom. The fourth-order valence-electron chi connectivity index (χ4n) is 1.73. The van der Waals surface area contributed by atoms with Crippen LogP contribution in [-0.4, -0.2) is 30.0 Å². The number of oxime groups is 1. The molecular formula is C16H14FN3O3. The van der Waals surface area contributed by atoms with E-state index in [1.54, 1.807) is 24.3 Å². The van der Waals surface area contributed by atoms with Crippen LogP contribution in [0.3, 0.4) is 0 Å². The lowest BCUT2D eigenvalue weighted by Gasteiger charge is -2.04. The van der Waals surface area contributed by atoms with Gasteiger partial charge in [-0.05, 0) is 48.5 Å². The monoisotopic (exact) mass is 315 g/mol. The van der Waals surface area contributed by atoms with Gasteiger partial charge in [0.2, 0.25) is 5.78 Å². The first kappa shape index (κ1) is 16.2. The Morgan fingerprint density at radius 2 is 1.83 bits per heavy atom. The largest absolute Gasteiger partial charge is 0.497 e. The lowest BCUT2D eigenvalue weighted by Crippen LogP contribution is -2.17. The molecule has 0 radical (unpaired) electrons. The molecule has 0 fully saturated rings. The van der Waals surface area contributed by atoms with Gasteiger partial charge in [0.05, 0.1) is 19.0 Å². The number of benzene rings is 2. The number of anilines is 1. The van der Waals surface area contributed by atoms with Crippen molar-refractivity contribution in [3.8, 4) is 5.75 Å². The standard InChI is InChI=1S/C16H14FN3O3/c1-23-14-8-2-11(3-9-14)16(21)15(10-18-22)20-19-13-6-4-12(17)5-7-13/h2-10,19,22H,1H3/b18-10+,20-15-. The lowest BCUT2D eigenvalue weighted by molar-refractivity contribution is 0.106. The second kappa shape index (κ2) is 7.69. The molecule has 0 amide bonds. The number of Topliss-reactive ketones (excluding diaryl/α,β-unsaturated/α-hetero) is 1. The topological polar surface area (TPSA) is 83.3 Å².